The summed E-state index contributed by atoms with van der Waals surface area (Å²) in [6, 6.07) is 21.3. The maximum Gasteiger partial charge on any atom is 0.573 e. The molecule has 0 amide bonds. The number of ether oxygens (including phenoxy) is 1. The van der Waals surface area contributed by atoms with Crippen LogP contribution in [0.4, 0.5) is 18.9 Å². The molecule has 0 aliphatic carbocycles. The van der Waals surface area contributed by atoms with Crippen molar-refractivity contribution in [3.8, 4) is 22.8 Å². The van der Waals surface area contributed by atoms with Crippen molar-refractivity contribution in [2.75, 3.05) is 17.2 Å². The molecule has 5 rings (SSSR count). The van der Waals surface area contributed by atoms with Crippen LogP contribution in [0.2, 0.25) is 0 Å². The van der Waals surface area contributed by atoms with E-state index in [-0.39, 0.29) is 5.75 Å². The highest BCUT2D eigenvalue weighted by molar-refractivity contribution is 8.14. The lowest BCUT2D eigenvalue weighted by Crippen LogP contribution is -2.24. The van der Waals surface area contributed by atoms with Gasteiger partial charge in [0, 0.05) is 23.5 Å². The average molecular weight is 537 g/mol. The van der Waals surface area contributed by atoms with Gasteiger partial charge in [0.15, 0.2) is 11.0 Å². The molecule has 194 valence electrons. The highest BCUT2D eigenvalue weighted by Gasteiger charge is 2.31. The second-order valence-corrected chi connectivity index (χ2v) is 9.35. The molecule has 2 heterocycles. The van der Waals surface area contributed by atoms with E-state index in [1.807, 2.05) is 30.3 Å². The van der Waals surface area contributed by atoms with Crippen molar-refractivity contribution in [2.24, 2.45) is 10.2 Å². The van der Waals surface area contributed by atoms with Gasteiger partial charge in [0.2, 0.25) is 0 Å². The van der Waals surface area contributed by atoms with E-state index in [9.17, 15) is 13.2 Å². The molecule has 0 atom stereocenters. The number of aromatic nitrogens is 3. The number of hydrogen-bond acceptors (Lipinski definition) is 6. The normalized spacial score (nSPS) is 15.1. The first-order valence-corrected chi connectivity index (χ1v) is 12.9. The molecular formula is C27H23F3N6OS. The van der Waals surface area contributed by atoms with Gasteiger partial charge in [-0.05, 0) is 47.9 Å². The molecule has 1 aliphatic heterocycles. The van der Waals surface area contributed by atoms with E-state index >= 15 is 0 Å². The maximum atomic E-state index is 12.4. The number of aryl methyl sites for hydroxylation is 1. The van der Waals surface area contributed by atoms with Gasteiger partial charge in [-0.15, -0.1) is 23.4 Å². The first-order valence-electron chi connectivity index (χ1n) is 11.9. The fourth-order valence-corrected chi connectivity index (χ4v) is 4.87. The Morgan fingerprint density at radius 2 is 1.79 bits per heavy atom. The van der Waals surface area contributed by atoms with Crippen LogP contribution in [0.3, 0.4) is 0 Å². The highest BCUT2D eigenvalue weighted by Crippen LogP contribution is 2.29. The third-order valence-corrected chi connectivity index (χ3v) is 6.73. The Morgan fingerprint density at radius 1 is 1.03 bits per heavy atom. The van der Waals surface area contributed by atoms with E-state index in [4.69, 9.17) is 0 Å². The van der Waals surface area contributed by atoms with Gasteiger partial charge >= 0.3 is 6.36 Å². The first-order chi connectivity index (χ1) is 18.4. The quantitative estimate of drug-likeness (QED) is 0.204. The molecule has 0 saturated carbocycles. The van der Waals surface area contributed by atoms with E-state index in [0.717, 1.165) is 35.0 Å². The molecule has 4 aromatic rings. The molecular weight excluding hydrogens is 513 g/mol. The molecule has 1 saturated heterocycles. The number of rotatable bonds is 7. The Kier molecular flexibility index (Phi) is 7.45. The SMILES string of the molecule is CCc1ccccc1N1CCSC1=NN=Cc1ccc(-c2ncn(-c3ccc(OC(F)(F)F)cc3)n2)cc1. The van der Waals surface area contributed by atoms with Crippen molar-refractivity contribution in [1.29, 1.82) is 0 Å². The van der Waals surface area contributed by atoms with Crippen molar-refractivity contribution < 1.29 is 17.9 Å². The van der Waals surface area contributed by atoms with Gasteiger partial charge in [0.1, 0.15) is 12.1 Å². The third kappa shape index (κ3) is 6.05. The minimum Gasteiger partial charge on any atom is -0.406 e. The Morgan fingerprint density at radius 3 is 2.53 bits per heavy atom. The third-order valence-electron chi connectivity index (χ3n) is 5.79. The number of thioether (sulfide) groups is 1. The molecule has 0 spiro atoms. The fraction of sp³-hybridized carbons (Fsp3) is 0.185. The van der Waals surface area contributed by atoms with Gasteiger partial charge in [0.25, 0.3) is 0 Å². The summed E-state index contributed by atoms with van der Waals surface area (Å²) in [4.78, 5) is 6.53. The van der Waals surface area contributed by atoms with Gasteiger partial charge in [0.05, 0.1) is 11.9 Å². The maximum absolute atomic E-state index is 12.4. The van der Waals surface area contributed by atoms with Crippen molar-refractivity contribution in [1.82, 2.24) is 14.8 Å². The van der Waals surface area contributed by atoms with Crippen LogP contribution in [0.1, 0.15) is 18.1 Å². The predicted molar refractivity (Wildman–Crippen MR) is 144 cm³/mol. The Balaban J connectivity index is 1.25. The molecule has 11 heteroatoms. The molecule has 7 nitrogen and oxygen atoms in total. The summed E-state index contributed by atoms with van der Waals surface area (Å²) in [5.41, 5.74) is 4.68. The molecule has 0 radical (unpaired) electrons. The van der Waals surface area contributed by atoms with E-state index in [1.165, 1.54) is 46.5 Å². The minimum absolute atomic E-state index is 0.297. The summed E-state index contributed by atoms with van der Waals surface area (Å²) in [5, 5.41) is 14.1. The molecule has 0 bridgehead atoms. The van der Waals surface area contributed by atoms with Crippen LogP contribution in [0.25, 0.3) is 17.1 Å². The van der Waals surface area contributed by atoms with Crippen LogP contribution in [0.15, 0.2) is 89.3 Å². The lowest BCUT2D eigenvalue weighted by molar-refractivity contribution is -0.274. The molecule has 38 heavy (non-hydrogen) atoms. The predicted octanol–water partition coefficient (Wildman–Crippen LogP) is 6.34. The van der Waals surface area contributed by atoms with Crippen LogP contribution in [0, 0.1) is 0 Å². The molecule has 1 aliphatic rings. The van der Waals surface area contributed by atoms with Crippen LogP contribution in [-0.4, -0.2) is 44.8 Å². The number of amidine groups is 1. The summed E-state index contributed by atoms with van der Waals surface area (Å²) in [6.07, 6.45) is -0.572. The number of benzene rings is 3. The molecule has 1 fully saturated rings. The number of hydrogen-bond donors (Lipinski definition) is 0. The number of para-hydroxylation sites is 1. The van der Waals surface area contributed by atoms with E-state index in [0.29, 0.717) is 11.5 Å². The largest absolute Gasteiger partial charge is 0.573 e. The van der Waals surface area contributed by atoms with Crippen molar-refractivity contribution in [2.45, 2.75) is 19.7 Å². The lowest BCUT2D eigenvalue weighted by atomic mass is 10.1. The molecule has 3 aromatic carbocycles. The van der Waals surface area contributed by atoms with E-state index in [2.05, 4.69) is 55.0 Å². The van der Waals surface area contributed by atoms with Crippen LogP contribution < -0.4 is 9.64 Å². The number of halogens is 3. The van der Waals surface area contributed by atoms with Gasteiger partial charge in [-0.25, -0.2) is 9.67 Å². The van der Waals surface area contributed by atoms with Crippen LogP contribution >= 0.6 is 11.8 Å². The number of anilines is 1. The zero-order valence-electron chi connectivity index (χ0n) is 20.3. The number of alkyl halides is 3. The van der Waals surface area contributed by atoms with Crippen molar-refractivity contribution in [3.05, 3.63) is 90.3 Å². The van der Waals surface area contributed by atoms with Gasteiger partial charge in [-0.2, -0.15) is 5.10 Å². The zero-order valence-corrected chi connectivity index (χ0v) is 21.2. The van der Waals surface area contributed by atoms with Crippen molar-refractivity contribution >= 4 is 28.8 Å². The van der Waals surface area contributed by atoms with Crippen molar-refractivity contribution in [3.63, 3.8) is 0 Å². The topological polar surface area (TPSA) is 67.9 Å². The Hall–Kier alpha value is -4.12. The first kappa shape index (κ1) is 25.5. The minimum atomic E-state index is -4.73. The van der Waals surface area contributed by atoms with Crippen LogP contribution in [-0.2, 0) is 6.42 Å². The average Bonchev–Trinajstić information content (AvgIpc) is 3.59. The van der Waals surface area contributed by atoms with Gasteiger partial charge in [-0.3, -0.25) is 0 Å². The summed E-state index contributed by atoms with van der Waals surface area (Å²) in [6.45, 7) is 3.05. The van der Waals surface area contributed by atoms with Gasteiger partial charge in [-0.1, -0.05) is 61.2 Å². The molecule has 0 unspecified atom stereocenters. The molecule has 0 N–H and O–H groups in total. The smallest absolute Gasteiger partial charge is 0.406 e. The number of nitrogens with zero attached hydrogens (tertiary/aromatic N) is 6. The van der Waals surface area contributed by atoms with E-state index in [1.54, 1.807) is 18.0 Å². The Bertz CT molecular complexity index is 1450. The standard InChI is InChI=1S/C27H23F3N6OS/c1-2-20-5-3-4-6-24(20)35-15-16-38-26(35)33-32-17-19-7-9-21(10-8-19)25-31-18-36(34-25)22-11-13-23(14-12-22)37-27(28,29)30/h3-14,17-18H,2,15-16H2,1H3. The monoisotopic (exact) mass is 536 g/mol. The summed E-state index contributed by atoms with van der Waals surface area (Å²) < 4.78 is 42.5. The summed E-state index contributed by atoms with van der Waals surface area (Å²) in [7, 11) is 0. The zero-order chi connectivity index (χ0) is 26.5. The Labute approximate surface area is 221 Å². The summed E-state index contributed by atoms with van der Waals surface area (Å²) >= 11 is 1.69. The molecule has 1 aromatic heterocycles. The highest BCUT2D eigenvalue weighted by atomic mass is 32.2. The van der Waals surface area contributed by atoms with E-state index < -0.39 is 6.36 Å². The van der Waals surface area contributed by atoms with Gasteiger partial charge < -0.3 is 9.64 Å². The lowest BCUT2D eigenvalue weighted by Gasteiger charge is -2.20. The fourth-order valence-electron chi connectivity index (χ4n) is 3.96. The second kappa shape index (κ2) is 11.1. The summed E-state index contributed by atoms with van der Waals surface area (Å²) in [5.74, 6) is 1.15. The van der Waals surface area contributed by atoms with Crippen LogP contribution in [0.5, 0.6) is 5.75 Å². The second-order valence-electron chi connectivity index (χ2n) is 8.29.